The number of H-pyrrole nitrogens is 1. The lowest BCUT2D eigenvalue weighted by Gasteiger charge is -2.15. The molecule has 1 aromatic carbocycles. The maximum Gasteiger partial charge on any atom is 0.256 e. The number of rotatable bonds is 1. The second-order valence-electron chi connectivity index (χ2n) is 4.34. The van der Waals surface area contributed by atoms with Crippen LogP contribution < -0.4 is 5.56 Å². The number of halogens is 1. The highest BCUT2D eigenvalue weighted by Crippen LogP contribution is 2.22. The van der Waals surface area contributed by atoms with Gasteiger partial charge in [0.05, 0.1) is 24.5 Å². The average molecular weight is 262 g/mol. The van der Waals surface area contributed by atoms with Gasteiger partial charge in [0.1, 0.15) is 17.4 Å². The molecule has 2 N–H and O–H groups in total. The summed E-state index contributed by atoms with van der Waals surface area (Å²) in [4.78, 5) is 18.8. The molecule has 0 fully saturated rings. The Morgan fingerprint density at radius 1 is 1.37 bits per heavy atom. The Labute approximate surface area is 107 Å². The van der Waals surface area contributed by atoms with E-state index >= 15 is 0 Å². The number of phenols is 1. The Kier molecular flexibility index (Phi) is 2.79. The number of aromatic hydroxyl groups is 1. The molecule has 0 unspecified atom stereocenters. The second kappa shape index (κ2) is 4.47. The number of aromatic nitrogens is 2. The van der Waals surface area contributed by atoms with Crippen molar-refractivity contribution < 1.29 is 14.2 Å². The SMILES string of the molecule is O=c1[nH]c(-c2cc(O)cc(F)c2)nc2c1COCC2. The first-order valence-corrected chi connectivity index (χ1v) is 5.83. The Hall–Kier alpha value is -2.21. The van der Waals surface area contributed by atoms with Gasteiger partial charge in [0, 0.05) is 18.1 Å². The second-order valence-corrected chi connectivity index (χ2v) is 4.34. The fourth-order valence-corrected chi connectivity index (χ4v) is 2.09. The molecule has 3 rings (SSSR count). The van der Waals surface area contributed by atoms with Gasteiger partial charge in [-0.05, 0) is 12.1 Å². The van der Waals surface area contributed by atoms with E-state index < -0.39 is 5.82 Å². The van der Waals surface area contributed by atoms with Gasteiger partial charge in [0.25, 0.3) is 5.56 Å². The number of fused-ring (bicyclic) bond motifs is 1. The third-order valence-electron chi connectivity index (χ3n) is 2.99. The normalized spacial score (nSPS) is 14.2. The molecule has 0 spiro atoms. The van der Waals surface area contributed by atoms with E-state index in [9.17, 15) is 14.3 Å². The molecule has 1 aromatic heterocycles. The van der Waals surface area contributed by atoms with Crippen LogP contribution in [0.4, 0.5) is 4.39 Å². The number of nitrogens with zero attached hydrogens (tertiary/aromatic N) is 1. The van der Waals surface area contributed by atoms with Crippen LogP contribution in [0.2, 0.25) is 0 Å². The number of hydrogen-bond donors (Lipinski definition) is 2. The van der Waals surface area contributed by atoms with Crippen LogP contribution in [0.5, 0.6) is 5.75 Å². The van der Waals surface area contributed by atoms with Crippen LogP contribution >= 0.6 is 0 Å². The molecule has 98 valence electrons. The lowest BCUT2D eigenvalue weighted by atomic mass is 10.1. The monoisotopic (exact) mass is 262 g/mol. The quantitative estimate of drug-likeness (QED) is 0.813. The van der Waals surface area contributed by atoms with E-state index in [0.29, 0.717) is 29.8 Å². The topological polar surface area (TPSA) is 75.2 Å². The predicted octanol–water partition coefficient (Wildman–Crippen LogP) is 1.35. The van der Waals surface area contributed by atoms with Gasteiger partial charge in [0.2, 0.25) is 0 Å². The summed E-state index contributed by atoms with van der Waals surface area (Å²) < 4.78 is 18.5. The molecule has 0 aliphatic carbocycles. The Morgan fingerprint density at radius 3 is 3.00 bits per heavy atom. The third kappa shape index (κ3) is 2.22. The smallest absolute Gasteiger partial charge is 0.256 e. The molecule has 0 amide bonds. The first-order chi connectivity index (χ1) is 9.13. The molecule has 0 saturated carbocycles. The van der Waals surface area contributed by atoms with Crippen molar-refractivity contribution in [2.75, 3.05) is 6.61 Å². The minimum Gasteiger partial charge on any atom is -0.508 e. The number of hydrogen-bond acceptors (Lipinski definition) is 4. The van der Waals surface area contributed by atoms with E-state index in [1.54, 1.807) is 0 Å². The molecule has 0 bridgehead atoms. The van der Waals surface area contributed by atoms with Crippen molar-refractivity contribution in [1.82, 2.24) is 9.97 Å². The third-order valence-corrected chi connectivity index (χ3v) is 2.99. The van der Waals surface area contributed by atoms with Gasteiger partial charge in [-0.25, -0.2) is 9.37 Å². The zero-order chi connectivity index (χ0) is 13.4. The van der Waals surface area contributed by atoms with Crippen molar-refractivity contribution in [3.8, 4) is 17.1 Å². The van der Waals surface area contributed by atoms with Crippen LogP contribution in [-0.4, -0.2) is 21.7 Å². The first kappa shape index (κ1) is 11.9. The number of nitrogens with one attached hydrogen (secondary N) is 1. The van der Waals surface area contributed by atoms with E-state index in [1.807, 2.05) is 0 Å². The lowest BCUT2D eigenvalue weighted by Crippen LogP contribution is -2.24. The predicted molar refractivity (Wildman–Crippen MR) is 65.3 cm³/mol. The minimum atomic E-state index is -0.585. The maximum atomic E-state index is 13.3. The summed E-state index contributed by atoms with van der Waals surface area (Å²) >= 11 is 0. The summed E-state index contributed by atoms with van der Waals surface area (Å²) in [6.45, 7) is 0.754. The van der Waals surface area contributed by atoms with Crippen molar-refractivity contribution in [2.45, 2.75) is 13.0 Å². The molecule has 0 atom stereocenters. The van der Waals surface area contributed by atoms with Crippen LogP contribution in [-0.2, 0) is 17.8 Å². The number of aromatic amines is 1. The lowest BCUT2D eigenvalue weighted by molar-refractivity contribution is 0.108. The Bertz CT molecular complexity index is 677. The molecule has 2 heterocycles. The van der Waals surface area contributed by atoms with E-state index in [-0.39, 0.29) is 23.7 Å². The molecule has 0 radical (unpaired) electrons. The summed E-state index contributed by atoms with van der Waals surface area (Å²) in [7, 11) is 0. The van der Waals surface area contributed by atoms with Gasteiger partial charge in [0.15, 0.2) is 0 Å². The van der Waals surface area contributed by atoms with Crippen molar-refractivity contribution >= 4 is 0 Å². The van der Waals surface area contributed by atoms with Gasteiger partial charge < -0.3 is 14.8 Å². The van der Waals surface area contributed by atoms with Crippen molar-refractivity contribution in [3.05, 3.63) is 45.6 Å². The number of benzene rings is 1. The zero-order valence-corrected chi connectivity index (χ0v) is 9.94. The van der Waals surface area contributed by atoms with Gasteiger partial charge in [-0.1, -0.05) is 0 Å². The molecule has 0 saturated heterocycles. The standard InChI is InChI=1S/C13H11FN2O3/c14-8-3-7(4-9(17)5-8)12-15-11-1-2-19-6-10(11)13(18)16-12/h3-5,17H,1-2,6H2,(H,15,16,18). The van der Waals surface area contributed by atoms with E-state index in [2.05, 4.69) is 9.97 Å². The fraction of sp³-hybridized carbons (Fsp3) is 0.231. The summed E-state index contributed by atoms with van der Waals surface area (Å²) in [5.41, 5.74) is 1.22. The largest absolute Gasteiger partial charge is 0.508 e. The van der Waals surface area contributed by atoms with Crippen LogP contribution in [0.15, 0.2) is 23.0 Å². The Balaban J connectivity index is 2.15. The summed E-state index contributed by atoms with van der Waals surface area (Å²) in [5, 5.41) is 9.38. The van der Waals surface area contributed by atoms with E-state index in [4.69, 9.17) is 4.74 Å². The van der Waals surface area contributed by atoms with Crippen LogP contribution in [0, 0.1) is 5.82 Å². The molecule has 19 heavy (non-hydrogen) atoms. The molecule has 1 aliphatic heterocycles. The van der Waals surface area contributed by atoms with Gasteiger partial charge in [-0.3, -0.25) is 4.79 Å². The van der Waals surface area contributed by atoms with Crippen molar-refractivity contribution in [3.63, 3.8) is 0 Å². The number of phenolic OH excluding ortho intramolecular Hbond substituents is 1. The molecule has 1 aliphatic rings. The highest BCUT2D eigenvalue weighted by atomic mass is 19.1. The minimum absolute atomic E-state index is 0.210. The Morgan fingerprint density at radius 2 is 2.21 bits per heavy atom. The summed E-state index contributed by atoms with van der Waals surface area (Å²) in [6, 6.07) is 3.56. The summed E-state index contributed by atoms with van der Waals surface area (Å²) in [5.74, 6) is -0.544. The molecule has 2 aromatic rings. The molecule has 6 heteroatoms. The van der Waals surface area contributed by atoms with Crippen molar-refractivity contribution in [2.24, 2.45) is 0 Å². The van der Waals surface area contributed by atoms with Crippen LogP contribution in [0.3, 0.4) is 0 Å². The van der Waals surface area contributed by atoms with Crippen LogP contribution in [0.25, 0.3) is 11.4 Å². The van der Waals surface area contributed by atoms with E-state index in [1.165, 1.54) is 12.1 Å². The maximum absolute atomic E-state index is 13.3. The number of ether oxygens (including phenoxy) is 1. The molecular weight excluding hydrogens is 251 g/mol. The molecular formula is C13H11FN2O3. The van der Waals surface area contributed by atoms with E-state index in [0.717, 1.165) is 6.07 Å². The fourth-order valence-electron chi connectivity index (χ4n) is 2.09. The molecule has 5 nitrogen and oxygen atoms in total. The highest BCUT2D eigenvalue weighted by molar-refractivity contribution is 5.57. The summed E-state index contributed by atoms with van der Waals surface area (Å²) in [6.07, 6.45) is 0.549. The van der Waals surface area contributed by atoms with Crippen LogP contribution in [0.1, 0.15) is 11.3 Å². The van der Waals surface area contributed by atoms with Crippen molar-refractivity contribution in [1.29, 1.82) is 0 Å². The zero-order valence-electron chi connectivity index (χ0n) is 9.94. The highest BCUT2D eigenvalue weighted by Gasteiger charge is 2.17. The average Bonchev–Trinajstić information content (AvgIpc) is 2.37. The first-order valence-electron chi connectivity index (χ1n) is 5.83. The van der Waals surface area contributed by atoms with Gasteiger partial charge in [-0.2, -0.15) is 0 Å². The van der Waals surface area contributed by atoms with Gasteiger partial charge in [-0.15, -0.1) is 0 Å². The van der Waals surface area contributed by atoms with Gasteiger partial charge >= 0.3 is 0 Å².